The maximum atomic E-state index is 12.1. The van der Waals surface area contributed by atoms with Gasteiger partial charge in [-0.25, -0.2) is 0 Å². The first-order chi connectivity index (χ1) is 12.7. The number of amides is 1. The van der Waals surface area contributed by atoms with Crippen molar-refractivity contribution in [2.24, 2.45) is 0 Å². The quantitative estimate of drug-likeness (QED) is 0.607. The van der Waals surface area contributed by atoms with Gasteiger partial charge in [0.25, 0.3) is 0 Å². The van der Waals surface area contributed by atoms with E-state index in [1.54, 1.807) is 0 Å². The molecule has 26 heavy (non-hydrogen) atoms. The van der Waals surface area contributed by atoms with Crippen LogP contribution in [-0.2, 0) is 4.79 Å². The maximum Gasteiger partial charge on any atom is 0.243 e. The van der Waals surface area contributed by atoms with Gasteiger partial charge in [-0.3, -0.25) is 4.79 Å². The van der Waals surface area contributed by atoms with Crippen LogP contribution in [0.4, 0.5) is 11.4 Å². The highest BCUT2D eigenvalue weighted by molar-refractivity contribution is 9.10. The van der Waals surface area contributed by atoms with Crippen LogP contribution in [0.15, 0.2) is 83.3 Å². The summed E-state index contributed by atoms with van der Waals surface area (Å²) in [6, 6.07) is 25.1. The van der Waals surface area contributed by atoms with Crippen LogP contribution in [-0.4, -0.2) is 12.5 Å². The summed E-state index contributed by atoms with van der Waals surface area (Å²) in [6.07, 6.45) is 0. The van der Waals surface area contributed by atoms with Gasteiger partial charge in [0.2, 0.25) is 5.91 Å². The fourth-order valence-corrected chi connectivity index (χ4v) is 2.70. The number of nitrogens with one attached hydrogen (secondary N) is 2. The Labute approximate surface area is 161 Å². The van der Waals surface area contributed by atoms with Crippen LogP contribution in [0.5, 0.6) is 0 Å². The van der Waals surface area contributed by atoms with Gasteiger partial charge >= 0.3 is 0 Å². The first-order valence-electron chi connectivity index (χ1n) is 8.16. The summed E-state index contributed by atoms with van der Waals surface area (Å²) in [5.41, 5.74) is 3.47. The lowest BCUT2D eigenvalue weighted by atomic mass is 10.1. The summed E-state index contributed by atoms with van der Waals surface area (Å²) in [4.78, 5) is 12.1. The maximum absolute atomic E-state index is 12.1. The molecule has 0 aliphatic heterocycles. The molecular weight excluding hydrogens is 388 g/mol. The molecule has 0 fully saturated rings. The Kier molecular flexibility index (Phi) is 6.08. The molecule has 0 spiro atoms. The SMILES string of the molecule is O=C(CNc1cccc(C#Cc2ccccc2)c1)Nc1ccccc1Br. The summed E-state index contributed by atoms with van der Waals surface area (Å²) in [6.45, 7) is 0.177. The van der Waals surface area contributed by atoms with Gasteiger partial charge in [-0.1, -0.05) is 48.2 Å². The molecule has 3 aromatic rings. The van der Waals surface area contributed by atoms with E-state index in [9.17, 15) is 4.79 Å². The fourth-order valence-electron chi connectivity index (χ4n) is 2.31. The van der Waals surface area contributed by atoms with Crippen molar-refractivity contribution < 1.29 is 4.79 Å². The number of hydrogen-bond acceptors (Lipinski definition) is 2. The number of para-hydroxylation sites is 1. The van der Waals surface area contributed by atoms with Crippen molar-refractivity contribution in [3.8, 4) is 11.8 Å². The first-order valence-corrected chi connectivity index (χ1v) is 8.95. The molecular formula is C22H17BrN2O. The molecule has 0 heterocycles. The molecule has 0 bridgehead atoms. The number of carbonyl (C=O) groups is 1. The van der Waals surface area contributed by atoms with E-state index < -0.39 is 0 Å². The van der Waals surface area contributed by atoms with Gasteiger partial charge < -0.3 is 10.6 Å². The minimum atomic E-state index is -0.113. The zero-order valence-corrected chi connectivity index (χ0v) is 15.6. The third-order valence-corrected chi connectivity index (χ3v) is 4.28. The lowest BCUT2D eigenvalue weighted by molar-refractivity contribution is -0.114. The second kappa shape index (κ2) is 8.89. The topological polar surface area (TPSA) is 41.1 Å². The predicted molar refractivity (Wildman–Crippen MR) is 110 cm³/mol. The van der Waals surface area contributed by atoms with Crippen molar-refractivity contribution in [1.82, 2.24) is 0 Å². The summed E-state index contributed by atoms with van der Waals surface area (Å²) in [7, 11) is 0. The number of rotatable bonds is 4. The second-order valence-electron chi connectivity index (χ2n) is 5.58. The number of halogens is 1. The van der Waals surface area contributed by atoms with E-state index >= 15 is 0 Å². The molecule has 128 valence electrons. The van der Waals surface area contributed by atoms with Crippen LogP contribution in [0.1, 0.15) is 11.1 Å². The van der Waals surface area contributed by atoms with Crippen LogP contribution in [0.2, 0.25) is 0 Å². The van der Waals surface area contributed by atoms with Gasteiger partial charge in [-0.15, -0.1) is 0 Å². The van der Waals surface area contributed by atoms with E-state index in [1.165, 1.54) is 0 Å². The van der Waals surface area contributed by atoms with Crippen molar-refractivity contribution in [1.29, 1.82) is 0 Å². The van der Waals surface area contributed by atoms with E-state index in [0.717, 1.165) is 27.0 Å². The summed E-state index contributed by atoms with van der Waals surface area (Å²) < 4.78 is 0.853. The fraction of sp³-hybridized carbons (Fsp3) is 0.0455. The lowest BCUT2D eigenvalue weighted by Crippen LogP contribution is -2.21. The number of benzene rings is 3. The molecule has 3 nitrogen and oxygen atoms in total. The van der Waals surface area contributed by atoms with E-state index in [2.05, 4.69) is 38.4 Å². The van der Waals surface area contributed by atoms with Gasteiger partial charge in [0.15, 0.2) is 0 Å². The highest BCUT2D eigenvalue weighted by Gasteiger charge is 2.05. The van der Waals surface area contributed by atoms with Crippen LogP contribution >= 0.6 is 15.9 Å². The van der Waals surface area contributed by atoms with Crippen molar-refractivity contribution in [3.05, 3.63) is 94.5 Å². The third kappa shape index (κ3) is 5.23. The first kappa shape index (κ1) is 17.8. The average molecular weight is 405 g/mol. The normalized spacial score (nSPS) is 9.73. The Hall–Kier alpha value is -3.03. The summed E-state index contributed by atoms with van der Waals surface area (Å²) >= 11 is 3.42. The monoisotopic (exact) mass is 404 g/mol. The Morgan fingerprint density at radius 3 is 2.35 bits per heavy atom. The minimum Gasteiger partial charge on any atom is -0.376 e. The van der Waals surface area contributed by atoms with Gasteiger partial charge in [-0.05, 0) is 58.4 Å². The zero-order valence-electron chi connectivity index (χ0n) is 14.0. The third-order valence-electron chi connectivity index (χ3n) is 3.59. The molecule has 3 rings (SSSR count). The van der Waals surface area contributed by atoms with E-state index in [-0.39, 0.29) is 12.5 Å². The molecule has 0 aromatic heterocycles. The molecule has 0 saturated heterocycles. The zero-order chi connectivity index (χ0) is 18.2. The Morgan fingerprint density at radius 1 is 0.846 bits per heavy atom. The van der Waals surface area contributed by atoms with Crippen molar-refractivity contribution in [3.63, 3.8) is 0 Å². The Balaban J connectivity index is 1.60. The van der Waals surface area contributed by atoms with Crippen LogP contribution in [0.25, 0.3) is 0 Å². The number of hydrogen-bond donors (Lipinski definition) is 2. The Bertz CT molecular complexity index is 958. The molecule has 2 N–H and O–H groups in total. The second-order valence-corrected chi connectivity index (χ2v) is 6.43. The van der Waals surface area contributed by atoms with Gasteiger partial charge in [0, 0.05) is 21.3 Å². The Morgan fingerprint density at radius 2 is 1.54 bits per heavy atom. The molecule has 3 aromatic carbocycles. The van der Waals surface area contributed by atoms with Gasteiger partial charge in [-0.2, -0.15) is 0 Å². The largest absolute Gasteiger partial charge is 0.376 e. The van der Waals surface area contributed by atoms with Crippen LogP contribution < -0.4 is 10.6 Å². The molecule has 0 atom stereocenters. The molecule has 1 amide bonds. The summed E-state index contributed by atoms with van der Waals surface area (Å²) in [5.74, 6) is 6.16. The lowest BCUT2D eigenvalue weighted by Gasteiger charge is -2.09. The molecule has 0 unspecified atom stereocenters. The van der Waals surface area contributed by atoms with E-state index in [4.69, 9.17) is 0 Å². The highest BCUT2D eigenvalue weighted by Crippen LogP contribution is 2.21. The van der Waals surface area contributed by atoms with Crippen LogP contribution in [0.3, 0.4) is 0 Å². The molecule has 4 heteroatoms. The van der Waals surface area contributed by atoms with E-state index in [0.29, 0.717) is 0 Å². The smallest absolute Gasteiger partial charge is 0.243 e. The summed E-state index contributed by atoms with van der Waals surface area (Å²) in [5, 5.41) is 5.99. The molecule has 0 aliphatic rings. The standard InChI is InChI=1S/C22H17BrN2O/c23-20-11-4-5-12-21(20)25-22(26)16-24-19-10-6-9-18(15-19)14-13-17-7-2-1-3-8-17/h1-12,15,24H,16H2,(H,25,26). The number of anilines is 2. The van der Waals surface area contributed by atoms with Gasteiger partial charge in [0.1, 0.15) is 0 Å². The molecule has 0 aliphatic carbocycles. The van der Waals surface area contributed by atoms with Crippen molar-refractivity contribution in [2.45, 2.75) is 0 Å². The molecule has 0 radical (unpaired) electrons. The minimum absolute atomic E-state index is 0.113. The van der Waals surface area contributed by atoms with Crippen molar-refractivity contribution >= 4 is 33.2 Å². The van der Waals surface area contributed by atoms with Gasteiger partial charge in [0.05, 0.1) is 12.2 Å². The average Bonchev–Trinajstić information content (AvgIpc) is 2.68. The van der Waals surface area contributed by atoms with E-state index in [1.807, 2.05) is 78.9 Å². The number of carbonyl (C=O) groups excluding carboxylic acids is 1. The molecule has 0 saturated carbocycles. The highest BCUT2D eigenvalue weighted by atomic mass is 79.9. The van der Waals surface area contributed by atoms with Crippen molar-refractivity contribution in [2.75, 3.05) is 17.2 Å². The van der Waals surface area contributed by atoms with Crippen LogP contribution in [0, 0.1) is 11.8 Å². The predicted octanol–water partition coefficient (Wildman–Crippen LogP) is 4.90.